The molecule has 0 N–H and O–H groups in total. The lowest BCUT2D eigenvalue weighted by Crippen LogP contribution is -2.47. The van der Waals surface area contributed by atoms with Crippen LogP contribution in [-0.2, 0) is 0 Å². The van der Waals surface area contributed by atoms with Crippen LogP contribution in [0.15, 0.2) is 88.3 Å². The molecule has 1 fully saturated rings. The summed E-state index contributed by atoms with van der Waals surface area (Å²) in [5, 5.41) is 1.16. The maximum atomic E-state index is 12.9. The zero-order valence-corrected chi connectivity index (χ0v) is 19.0. The molecule has 6 heteroatoms. The van der Waals surface area contributed by atoms with Crippen LogP contribution in [0.3, 0.4) is 0 Å². The van der Waals surface area contributed by atoms with Gasteiger partial charge >= 0.3 is 0 Å². The summed E-state index contributed by atoms with van der Waals surface area (Å²) < 4.78 is 11.7. The highest BCUT2D eigenvalue weighted by Crippen LogP contribution is 2.24. The van der Waals surface area contributed by atoms with Crippen LogP contribution in [0, 0.1) is 0 Å². The lowest BCUT2D eigenvalue weighted by atomic mass is 10.1. The third kappa shape index (κ3) is 4.90. The summed E-state index contributed by atoms with van der Waals surface area (Å²) in [5.74, 6) is 0.702. The Morgan fingerprint density at radius 2 is 1.67 bits per heavy atom. The third-order valence-electron chi connectivity index (χ3n) is 6.07. The molecule has 168 valence electrons. The topological polar surface area (TPSA) is 45.9 Å². The third-order valence-corrected chi connectivity index (χ3v) is 6.32. The zero-order chi connectivity index (χ0) is 22.6. The highest BCUT2D eigenvalue weighted by atomic mass is 35.5. The predicted octanol–water partition coefficient (Wildman–Crippen LogP) is 5.31. The van der Waals surface area contributed by atoms with Crippen LogP contribution < -0.4 is 15.1 Å². The molecule has 0 radical (unpaired) electrons. The van der Waals surface area contributed by atoms with Crippen molar-refractivity contribution < 1.29 is 9.15 Å². The average Bonchev–Trinajstić information content (AvgIpc) is 2.86. The van der Waals surface area contributed by atoms with E-state index in [-0.39, 0.29) is 5.43 Å². The largest absolute Gasteiger partial charge is 0.492 e. The number of hydrogen-bond acceptors (Lipinski definition) is 5. The van der Waals surface area contributed by atoms with Crippen LogP contribution >= 0.6 is 11.6 Å². The van der Waals surface area contributed by atoms with E-state index in [4.69, 9.17) is 20.8 Å². The second-order valence-corrected chi connectivity index (χ2v) is 8.59. The minimum Gasteiger partial charge on any atom is -0.492 e. The Labute approximate surface area is 197 Å². The molecule has 0 atom stereocenters. The second-order valence-electron chi connectivity index (χ2n) is 8.16. The van der Waals surface area contributed by atoms with E-state index >= 15 is 0 Å². The molecule has 1 saturated heterocycles. The van der Waals surface area contributed by atoms with Crippen molar-refractivity contribution in [2.45, 2.75) is 0 Å². The molecule has 3 aromatic carbocycles. The van der Waals surface area contributed by atoms with Gasteiger partial charge in [0.05, 0.1) is 10.9 Å². The number of rotatable bonds is 6. The molecule has 5 nitrogen and oxygen atoms in total. The van der Waals surface area contributed by atoms with Crippen molar-refractivity contribution in [1.29, 1.82) is 0 Å². The molecule has 33 heavy (non-hydrogen) atoms. The predicted molar refractivity (Wildman–Crippen MR) is 134 cm³/mol. The van der Waals surface area contributed by atoms with Gasteiger partial charge in [0.1, 0.15) is 24.2 Å². The zero-order valence-electron chi connectivity index (χ0n) is 18.2. The number of halogens is 1. The first-order valence-corrected chi connectivity index (χ1v) is 11.5. The highest BCUT2D eigenvalue weighted by molar-refractivity contribution is 6.30. The van der Waals surface area contributed by atoms with Gasteiger partial charge in [-0.2, -0.15) is 0 Å². The molecule has 0 saturated carbocycles. The highest BCUT2D eigenvalue weighted by Gasteiger charge is 2.17. The second kappa shape index (κ2) is 9.69. The first kappa shape index (κ1) is 21.6. The molecule has 0 unspecified atom stereocenters. The van der Waals surface area contributed by atoms with Gasteiger partial charge in [-0.3, -0.25) is 9.69 Å². The number of para-hydroxylation sites is 1. The summed E-state index contributed by atoms with van der Waals surface area (Å²) in [6.45, 7) is 5.50. The fraction of sp³-hybridized carbons (Fsp3) is 0.222. The van der Waals surface area contributed by atoms with Crippen molar-refractivity contribution >= 4 is 28.3 Å². The summed E-state index contributed by atoms with van der Waals surface area (Å²) in [4.78, 5) is 17.8. The Morgan fingerprint density at radius 1 is 0.909 bits per heavy atom. The Morgan fingerprint density at radius 3 is 2.42 bits per heavy atom. The van der Waals surface area contributed by atoms with Gasteiger partial charge in [-0.05, 0) is 42.0 Å². The van der Waals surface area contributed by atoms with Crippen molar-refractivity contribution in [3.8, 4) is 16.9 Å². The van der Waals surface area contributed by atoms with Crippen molar-refractivity contribution in [2.24, 2.45) is 0 Å². The molecule has 0 spiro atoms. The summed E-state index contributed by atoms with van der Waals surface area (Å²) in [5.41, 5.74) is 3.03. The average molecular weight is 461 g/mol. The van der Waals surface area contributed by atoms with Crippen LogP contribution in [0.2, 0.25) is 5.02 Å². The lowest BCUT2D eigenvalue weighted by molar-refractivity contribution is 0.200. The van der Waals surface area contributed by atoms with E-state index < -0.39 is 0 Å². The number of fused-ring (bicyclic) bond motifs is 1. The van der Waals surface area contributed by atoms with Gasteiger partial charge in [-0.25, -0.2) is 0 Å². The molecule has 1 aromatic heterocycles. The summed E-state index contributed by atoms with van der Waals surface area (Å²) in [6.07, 6.45) is 1.50. The Kier molecular flexibility index (Phi) is 6.33. The fourth-order valence-electron chi connectivity index (χ4n) is 4.19. The van der Waals surface area contributed by atoms with Crippen molar-refractivity contribution in [2.75, 3.05) is 44.2 Å². The number of ether oxygens (including phenoxy) is 1. The molecule has 2 heterocycles. The SMILES string of the molecule is O=c1c(-c2ccc(Cl)cc2)coc2cc(OCCN3CCN(c4ccccc4)CC3)ccc12. The van der Waals surface area contributed by atoms with Crippen LogP contribution in [0.5, 0.6) is 5.75 Å². The van der Waals surface area contributed by atoms with Gasteiger partial charge in [0, 0.05) is 49.5 Å². The molecule has 1 aliphatic rings. The van der Waals surface area contributed by atoms with Crippen LogP contribution in [-0.4, -0.2) is 44.2 Å². The maximum Gasteiger partial charge on any atom is 0.200 e. The number of nitrogens with zero attached hydrogens (tertiary/aromatic N) is 2. The number of anilines is 1. The van der Waals surface area contributed by atoms with Gasteiger partial charge in [0.2, 0.25) is 0 Å². The summed E-state index contributed by atoms with van der Waals surface area (Å²) in [7, 11) is 0. The van der Waals surface area contributed by atoms with E-state index in [9.17, 15) is 4.79 Å². The number of piperazine rings is 1. The van der Waals surface area contributed by atoms with E-state index in [2.05, 4.69) is 34.1 Å². The van der Waals surface area contributed by atoms with E-state index in [1.54, 1.807) is 24.3 Å². The number of hydrogen-bond donors (Lipinski definition) is 0. The van der Waals surface area contributed by atoms with Gasteiger partial charge in [0.25, 0.3) is 0 Å². The van der Waals surface area contributed by atoms with Gasteiger partial charge in [-0.1, -0.05) is 41.9 Å². The van der Waals surface area contributed by atoms with Crippen LogP contribution in [0.25, 0.3) is 22.1 Å². The van der Waals surface area contributed by atoms with Gasteiger partial charge in [-0.15, -0.1) is 0 Å². The Balaban J connectivity index is 1.18. The molecule has 0 aliphatic carbocycles. The normalized spacial score (nSPS) is 14.5. The van der Waals surface area contributed by atoms with E-state index in [1.165, 1.54) is 12.0 Å². The van der Waals surface area contributed by atoms with E-state index in [0.717, 1.165) is 38.3 Å². The molecule has 5 rings (SSSR count). The molecular formula is C27H25ClN2O3. The number of benzene rings is 3. The van der Waals surface area contributed by atoms with Gasteiger partial charge in [0.15, 0.2) is 5.43 Å². The first-order valence-electron chi connectivity index (χ1n) is 11.1. The minimum atomic E-state index is -0.0681. The minimum absolute atomic E-state index is 0.0681. The molecule has 1 aliphatic heterocycles. The first-order chi connectivity index (χ1) is 16.2. The maximum absolute atomic E-state index is 12.9. The van der Waals surface area contributed by atoms with E-state index in [0.29, 0.717) is 33.9 Å². The standard InChI is InChI=1S/C27H25ClN2O3/c28-21-8-6-20(7-9-21)25-19-33-26-18-23(10-11-24(26)27(25)31)32-17-16-29-12-14-30(15-13-29)22-4-2-1-3-5-22/h1-11,18-19H,12-17H2. The van der Waals surface area contributed by atoms with Crippen LogP contribution in [0.1, 0.15) is 0 Å². The lowest BCUT2D eigenvalue weighted by Gasteiger charge is -2.36. The monoisotopic (exact) mass is 460 g/mol. The van der Waals surface area contributed by atoms with Crippen molar-refractivity contribution in [3.05, 3.63) is 94.3 Å². The van der Waals surface area contributed by atoms with Crippen molar-refractivity contribution in [3.63, 3.8) is 0 Å². The van der Waals surface area contributed by atoms with Gasteiger partial charge < -0.3 is 14.1 Å². The quantitative estimate of drug-likeness (QED) is 0.390. The Hall–Kier alpha value is -3.28. The fourth-order valence-corrected chi connectivity index (χ4v) is 4.31. The molecule has 0 amide bonds. The van der Waals surface area contributed by atoms with Crippen molar-refractivity contribution in [1.82, 2.24) is 4.90 Å². The molecular weight excluding hydrogens is 436 g/mol. The van der Waals surface area contributed by atoms with E-state index in [1.807, 2.05) is 24.3 Å². The molecule has 0 bridgehead atoms. The summed E-state index contributed by atoms with van der Waals surface area (Å²) >= 11 is 5.95. The summed E-state index contributed by atoms with van der Waals surface area (Å²) in [6, 6.07) is 23.1. The van der Waals surface area contributed by atoms with Crippen LogP contribution in [0.4, 0.5) is 5.69 Å². The Bertz CT molecular complexity index is 1280. The molecule has 4 aromatic rings. The smallest absolute Gasteiger partial charge is 0.200 e.